The summed E-state index contributed by atoms with van der Waals surface area (Å²) in [7, 11) is 0. The fourth-order valence-electron chi connectivity index (χ4n) is 3.08. The second-order valence-corrected chi connectivity index (χ2v) is 6.50. The van der Waals surface area contributed by atoms with Crippen LogP contribution in [0.1, 0.15) is 37.9 Å². The van der Waals surface area contributed by atoms with Crippen LogP contribution in [0, 0.1) is 12.8 Å². The summed E-state index contributed by atoms with van der Waals surface area (Å²) in [5, 5.41) is 12.2. The monoisotopic (exact) mass is 285 g/mol. The molecule has 0 bridgehead atoms. The largest absolute Gasteiger partial charge is 0.385 e. The summed E-state index contributed by atoms with van der Waals surface area (Å²) in [5.41, 5.74) is 2.19. The minimum Gasteiger partial charge on any atom is -0.385 e. The summed E-state index contributed by atoms with van der Waals surface area (Å²) in [4.78, 5) is 4.52. The van der Waals surface area contributed by atoms with Gasteiger partial charge in [-0.1, -0.05) is 26.0 Å². The lowest BCUT2D eigenvalue weighted by Crippen LogP contribution is -2.40. The standard InChI is InChI=1S/C18H23NO2/c1-12(2)17-11-18(20,8-9-21-17)15-6-7-16-14(10-15)5-4-13(3)19-16/h4-7,10,12,17,20H,8-9,11H2,1-3H3. The molecule has 1 fully saturated rings. The highest BCUT2D eigenvalue weighted by atomic mass is 16.5. The van der Waals surface area contributed by atoms with E-state index in [0.29, 0.717) is 25.4 Å². The molecule has 0 radical (unpaired) electrons. The lowest BCUT2D eigenvalue weighted by Gasteiger charge is -2.39. The predicted molar refractivity (Wildman–Crippen MR) is 84.2 cm³/mol. The van der Waals surface area contributed by atoms with Crippen LogP contribution in [0.3, 0.4) is 0 Å². The fourth-order valence-corrected chi connectivity index (χ4v) is 3.08. The molecule has 21 heavy (non-hydrogen) atoms. The zero-order valence-corrected chi connectivity index (χ0v) is 13.0. The zero-order chi connectivity index (χ0) is 15.0. The molecule has 1 aromatic heterocycles. The molecule has 1 saturated heterocycles. The molecular formula is C18H23NO2. The average molecular weight is 285 g/mol. The van der Waals surface area contributed by atoms with E-state index in [-0.39, 0.29) is 6.10 Å². The van der Waals surface area contributed by atoms with Gasteiger partial charge in [0.2, 0.25) is 0 Å². The number of benzene rings is 1. The third-order valence-electron chi connectivity index (χ3n) is 4.50. The molecule has 0 aliphatic carbocycles. The Kier molecular flexibility index (Phi) is 3.72. The maximum Gasteiger partial charge on any atom is 0.0943 e. The fraction of sp³-hybridized carbons (Fsp3) is 0.500. The van der Waals surface area contributed by atoms with E-state index in [1.165, 1.54) is 0 Å². The van der Waals surface area contributed by atoms with Gasteiger partial charge in [0.15, 0.2) is 0 Å². The molecule has 2 atom stereocenters. The Morgan fingerprint density at radius 3 is 2.86 bits per heavy atom. The van der Waals surface area contributed by atoms with Crippen molar-refractivity contribution >= 4 is 10.9 Å². The van der Waals surface area contributed by atoms with Crippen LogP contribution in [-0.4, -0.2) is 22.8 Å². The van der Waals surface area contributed by atoms with Crippen molar-refractivity contribution in [3.05, 3.63) is 41.6 Å². The van der Waals surface area contributed by atoms with Crippen molar-refractivity contribution in [3.8, 4) is 0 Å². The van der Waals surface area contributed by atoms with Gasteiger partial charge in [0.05, 0.1) is 23.8 Å². The van der Waals surface area contributed by atoms with Crippen molar-refractivity contribution in [2.45, 2.75) is 45.3 Å². The molecule has 0 spiro atoms. The second kappa shape index (κ2) is 5.39. The van der Waals surface area contributed by atoms with E-state index in [4.69, 9.17) is 4.74 Å². The number of aliphatic hydroxyl groups is 1. The maximum atomic E-state index is 11.1. The summed E-state index contributed by atoms with van der Waals surface area (Å²) in [5.74, 6) is 0.418. The molecule has 1 aromatic carbocycles. The van der Waals surface area contributed by atoms with Crippen LogP contribution in [0.4, 0.5) is 0 Å². The second-order valence-electron chi connectivity index (χ2n) is 6.50. The van der Waals surface area contributed by atoms with Gasteiger partial charge in [-0.05, 0) is 36.6 Å². The molecule has 2 aromatic rings. The van der Waals surface area contributed by atoms with Crippen LogP contribution in [-0.2, 0) is 10.3 Å². The predicted octanol–water partition coefficient (Wildman–Crippen LogP) is 3.57. The Hall–Kier alpha value is -1.45. The molecule has 3 rings (SSSR count). The summed E-state index contributed by atoms with van der Waals surface area (Å²) in [6.07, 6.45) is 1.44. The topological polar surface area (TPSA) is 42.4 Å². The van der Waals surface area contributed by atoms with Crippen LogP contribution in [0.15, 0.2) is 30.3 Å². The van der Waals surface area contributed by atoms with E-state index in [9.17, 15) is 5.11 Å². The molecule has 2 unspecified atom stereocenters. The Labute approximate surface area is 126 Å². The number of fused-ring (bicyclic) bond motifs is 1. The molecule has 1 aliphatic heterocycles. The van der Waals surface area contributed by atoms with Gasteiger partial charge in [-0.15, -0.1) is 0 Å². The Morgan fingerprint density at radius 1 is 1.29 bits per heavy atom. The molecule has 0 amide bonds. The summed E-state index contributed by atoms with van der Waals surface area (Å²) < 4.78 is 5.79. The minimum absolute atomic E-state index is 0.121. The molecule has 3 nitrogen and oxygen atoms in total. The molecule has 1 aliphatic rings. The van der Waals surface area contributed by atoms with Gasteiger partial charge in [0.25, 0.3) is 0 Å². The van der Waals surface area contributed by atoms with E-state index < -0.39 is 5.60 Å². The van der Waals surface area contributed by atoms with Gasteiger partial charge in [-0.3, -0.25) is 4.98 Å². The summed E-state index contributed by atoms with van der Waals surface area (Å²) in [6.45, 7) is 6.89. The number of ether oxygens (including phenoxy) is 1. The van der Waals surface area contributed by atoms with Crippen molar-refractivity contribution in [2.75, 3.05) is 6.61 Å². The minimum atomic E-state index is -0.785. The third-order valence-corrected chi connectivity index (χ3v) is 4.50. The van der Waals surface area contributed by atoms with Crippen LogP contribution in [0.25, 0.3) is 10.9 Å². The van der Waals surface area contributed by atoms with Gasteiger partial charge >= 0.3 is 0 Å². The first kappa shape index (κ1) is 14.5. The number of aryl methyl sites for hydroxylation is 1. The zero-order valence-electron chi connectivity index (χ0n) is 13.0. The Bertz CT molecular complexity index is 653. The summed E-state index contributed by atoms with van der Waals surface area (Å²) in [6, 6.07) is 10.2. The Balaban J connectivity index is 1.96. The number of aromatic nitrogens is 1. The van der Waals surface area contributed by atoms with Gasteiger partial charge in [0, 0.05) is 23.9 Å². The van der Waals surface area contributed by atoms with Gasteiger partial charge in [0.1, 0.15) is 0 Å². The summed E-state index contributed by atoms with van der Waals surface area (Å²) >= 11 is 0. The SMILES string of the molecule is Cc1ccc2cc(C3(O)CCOC(C(C)C)C3)ccc2n1. The van der Waals surface area contributed by atoms with Gasteiger partial charge in [-0.2, -0.15) is 0 Å². The number of hydrogen-bond acceptors (Lipinski definition) is 3. The van der Waals surface area contributed by atoms with E-state index >= 15 is 0 Å². The highest BCUT2D eigenvalue weighted by Crippen LogP contribution is 2.37. The van der Waals surface area contributed by atoms with Gasteiger partial charge in [-0.25, -0.2) is 0 Å². The normalized spacial score (nSPS) is 26.4. The average Bonchev–Trinajstić information content (AvgIpc) is 2.46. The number of rotatable bonds is 2. The molecule has 112 valence electrons. The van der Waals surface area contributed by atoms with Crippen LogP contribution in [0.5, 0.6) is 0 Å². The van der Waals surface area contributed by atoms with Crippen LogP contribution < -0.4 is 0 Å². The van der Waals surface area contributed by atoms with E-state index in [1.54, 1.807) is 0 Å². The van der Waals surface area contributed by atoms with Crippen molar-refractivity contribution < 1.29 is 9.84 Å². The van der Waals surface area contributed by atoms with Crippen molar-refractivity contribution in [1.29, 1.82) is 0 Å². The number of pyridine rings is 1. The third kappa shape index (κ3) is 2.81. The van der Waals surface area contributed by atoms with Crippen molar-refractivity contribution in [2.24, 2.45) is 5.92 Å². The van der Waals surface area contributed by atoms with Crippen molar-refractivity contribution in [1.82, 2.24) is 4.98 Å². The quantitative estimate of drug-likeness (QED) is 0.917. The highest BCUT2D eigenvalue weighted by Gasteiger charge is 2.37. The molecule has 0 saturated carbocycles. The highest BCUT2D eigenvalue weighted by molar-refractivity contribution is 5.79. The number of hydrogen-bond donors (Lipinski definition) is 1. The van der Waals surface area contributed by atoms with Crippen LogP contribution in [0.2, 0.25) is 0 Å². The molecular weight excluding hydrogens is 262 g/mol. The van der Waals surface area contributed by atoms with Crippen LogP contribution >= 0.6 is 0 Å². The lowest BCUT2D eigenvalue weighted by atomic mass is 9.81. The first-order valence-corrected chi connectivity index (χ1v) is 7.70. The van der Waals surface area contributed by atoms with Crippen molar-refractivity contribution in [3.63, 3.8) is 0 Å². The molecule has 1 N–H and O–H groups in total. The Morgan fingerprint density at radius 2 is 2.10 bits per heavy atom. The molecule has 2 heterocycles. The maximum absolute atomic E-state index is 11.1. The van der Waals surface area contributed by atoms with Gasteiger partial charge < -0.3 is 9.84 Å². The molecule has 3 heteroatoms. The van der Waals surface area contributed by atoms with E-state index in [1.807, 2.05) is 25.1 Å². The van der Waals surface area contributed by atoms with E-state index in [2.05, 4.69) is 31.0 Å². The smallest absolute Gasteiger partial charge is 0.0943 e. The first-order chi connectivity index (χ1) is 9.98. The number of nitrogens with zero attached hydrogens (tertiary/aromatic N) is 1. The lowest BCUT2D eigenvalue weighted by molar-refractivity contribution is -0.121. The first-order valence-electron chi connectivity index (χ1n) is 7.70. The van der Waals surface area contributed by atoms with E-state index in [0.717, 1.165) is 22.2 Å².